The van der Waals surface area contributed by atoms with Crippen LogP contribution in [0.15, 0.2) is 45.8 Å². The van der Waals surface area contributed by atoms with E-state index in [1.807, 2.05) is 0 Å². The van der Waals surface area contributed by atoms with Gasteiger partial charge in [0.05, 0.1) is 28.8 Å². The maximum absolute atomic E-state index is 12.9. The number of ether oxygens (including phenoxy) is 1. The van der Waals surface area contributed by atoms with Gasteiger partial charge >= 0.3 is 5.97 Å². The van der Waals surface area contributed by atoms with Crippen LogP contribution >= 0.6 is 0 Å². The van der Waals surface area contributed by atoms with Gasteiger partial charge in [0.1, 0.15) is 11.6 Å². The number of fused-ring (bicyclic) bond motifs is 2. The standard InChI is InChI=1S/C23H25N3O5/c1-15(19-7-6-12-30-19)24-21(27)14-31-23(29)16-9-10-17-18(13-16)25-20-8-4-2-3-5-11-26(20)22(17)28/h6-7,9-10,12-13,15H,2-5,8,11,14H2,1H3,(H,24,27)/t15-/m0/s1. The van der Waals surface area contributed by atoms with Gasteiger partial charge in [-0.1, -0.05) is 12.8 Å². The smallest absolute Gasteiger partial charge is 0.338 e. The van der Waals surface area contributed by atoms with E-state index in [0.717, 1.165) is 37.9 Å². The van der Waals surface area contributed by atoms with Crippen LogP contribution in [0.5, 0.6) is 0 Å². The fraction of sp³-hybridized carbons (Fsp3) is 0.391. The van der Waals surface area contributed by atoms with Gasteiger partial charge in [-0.15, -0.1) is 0 Å². The number of nitrogens with zero attached hydrogens (tertiary/aromatic N) is 2. The molecule has 0 spiro atoms. The van der Waals surface area contributed by atoms with Gasteiger partial charge in [0.15, 0.2) is 6.61 Å². The molecule has 1 aromatic carbocycles. The molecule has 0 saturated carbocycles. The Labute approximate surface area is 179 Å². The molecule has 0 radical (unpaired) electrons. The second-order valence-corrected chi connectivity index (χ2v) is 7.76. The number of carbonyl (C=O) groups excluding carboxylic acids is 2. The summed E-state index contributed by atoms with van der Waals surface area (Å²) in [5.74, 6) is 0.294. The summed E-state index contributed by atoms with van der Waals surface area (Å²) in [6.45, 7) is 2.03. The summed E-state index contributed by atoms with van der Waals surface area (Å²) in [6.07, 6.45) is 6.46. The quantitative estimate of drug-likeness (QED) is 0.633. The second-order valence-electron chi connectivity index (χ2n) is 7.76. The van der Waals surface area contributed by atoms with E-state index < -0.39 is 18.5 Å². The zero-order valence-electron chi connectivity index (χ0n) is 17.4. The van der Waals surface area contributed by atoms with Crippen LogP contribution in [-0.4, -0.2) is 28.0 Å². The van der Waals surface area contributed by atoms with Gasteiger partial charge in [0.25, 0.3) is 11.5 Å². The highest BCUT2D eigenvalue weighted by Crippen LogP contribution is 2.17. The van der Waals surface area contributed by atoms with Crippen LogP contribution in [0.4, 0.5) is 0 Å². The molecular weight excluding hydrogens is 398 g/mol. The van der Waals surface area contributed by atoms with E-state index in [9.17, 15) is 14.4 Å². The molecule has 8 heteroatoms. The highest BCUT2D eigenvalue weighted by atomic mass is 16.5. The van der Waals surface area contributed by atoms with Gasteiger partial charge in [0.2, 0.25) is 0 Å². The third-order valence-corrected chi connectivity index (χ3v) is 5.48. The number of aryl methyl sites for hydroxylation is 1. The number of furan rings is 1. The zero-order chi connectivity index (χ0) is 21.8. The first kappa shape index (κ1) is 20.8. The molecule has 1 aliphatic rings. The van der Waals surface area contributed by atoms with Crippen molar-refractivity contribution in [3.8, 4) is 0 Å². The predicted molar refractivity (Wildman–Crippen MR) is 114 cm³/mol. The van der Waals surface area contributed by atoms with Crippen LogP contribution in [0.1, 0.15) is 60.6 Å². The van der Waals surface area contributed by atoms with Crippen molar-refractivity contribution in [2.24, 2.45) is 0 Å². The molecule has 31 heavy (non-hydrogen) atoms. The molecular formula is C23H25N3O5. The van der Waals surface area contributed by atoms with E-state index in [0.29, 0.717) is 23.2 Å². The molecule has 0 aliphatic carbocycles. The first-order valence-electron chi connectivity index (χ1n) is 10.6. The summed E-state index contributed by atoms with van der Waals surface area (Å²) in [6, 6.07) is 7.85. The molecule has 1 aliphatic heterocycles. The van der Waals surface area contributed by atoms with Crippen molar-refractivity contribution in [2.75, 3.05) is 6.61 Å². The zero-order valence-corrected chi connectivity index (χ0v) is 17.4. The highest BCUT2D eigenvalue weighted by Gasteiger charge is 2.17. The van der Waals surface area contributed by atoms with Gasteiger partial charge in [-0.2, -0.15) is 0 Å². The number of amides is 1. The summed E-state index contributed by atoms with van der Waals surface area (Å²) >= 11 is 0. The van der Waals surface area contributed by atoms with Crippen molar-refractivity contribution in [3.63, 3.8) is 0 Å². The average molecular weight is 423 g/mol. The lowest BCUT2D eigenvalue weighted by Crippen LogP contribution is -2.31. The van der Waals surface area contributed by atoms with E-state index in [2.05, 4.69) is 10.3 Å². The molecule has 8 nitrogen and oxygen atoms in total. The Bertz CT molecular complexity index is 1150. The molecule has 0 fully saturated rings. The maximum Gasteiger partial charge on any atom is 0.338 e. The fourth-order valence-electron chi connectivity index (χ4n) is 3.83. The minimum atomic E-state index is -0.642. The number of hydrogen-bond acceptors (Lipinski definition) is 6. The molecule has 2 aromatic heterocycles. The van der Waals surface area contributed by atoms with Crippen molar-refractivity contribution >= 4 is 22.8 Å². The molecule has 1 N–H and O–H groups in total. The van der Waals surface area contributed by atoms with Crippen molar-refractivity contribution in [1.82, 2.24) is 14.9 Å². The first-order valence-corrected chi connectivity index (χ1v) is 10.6. The predicted octanol–water partition coefficient (Wildman–Crippen LogP) is 3.14. The monoisotopic (exact) mass is 423 g/mol. The molecule has 4 rings (SSSR count). The normalized spacial score (nSPS) is 14.9. The Morgan fingerprint density at radius 3 is 2.87 bits per heavy atom. The largest absolute Gasteiger partial charge is 0.467 e. The molecule has 0 unspecified atom stereocenters. The molecule has 1 atom stereocenters. The lowest BCUT2D eigenvalue weighted by Gasteiger charge is -2.16. The van der Waals surface area contributed by atoms with E-state index in [-0.39, 0.29) is 17.2 Å². The summed E-state index contributed by atoms with van der Waals surface area (Å²) in [4.78, 5) is 42.1. The summed E-state index contributed by atoms with van der Waals surface area (Å²) in [5, 5.41) is 3.18. The molecule has 3 heterocycles. The van der Waals surface area contributed by atoms with Crippen molar-refractivity contribution in [1.29, 1.82) is 0 Å². The number of rotatable bonds is 5. The number of hydrogen-bond donors (Lipinski definition) is 1. The molecule has 0 bridgehead atoms. The topological polar surface area (TPSA) is 103 Å². The minimum Gasteiger partial charge on any atom is -0.467 e. The summed E-state index contributed by atoms with van der Waals surface area (Å²) in [5.41, 5.74) is 0.650. The van der Waals surface area contributed by atoms with Gasteiger partial charge < -0.3 is 14.5 Å². The van der Waals surface area contributed by atoms with E-state index in [1.165, 1.54) is 12.3 Å². The van der Waals surface area contributed by atoms with Gasteiger partial charge in [-0.05, 0) is 50.1 Å². The number of esters is 1. The highest BCUT2D eigenvalue weighted by molar-refractivity contribution is 5.95. The lowest BCUT2D eigenvalue weighted by molar-refractivity contribution is -0.125. The van der Waals surface area contributed by atoms with Crippen LogP contribution in [-0.2, 0) is 22.5 Å². The van der Waals surface area contributed by atoms with Crippen molar-refractivity contribution in [2.45, 2.75) is 51.6 Å². The van der Waals surface area contributed by atoms with Gasteiger partial charge in [-0.25, -0.2) is 9.78 Å². The number of carbonyl (C=O) groups is 2. The first-order chi connectivity index (χ1) is 15.0. The molecule has 162 valence electrons. The average Bonchev–Trinajstić information content (AvgIpc) is 3.28. The molecule has 0 saturated heterocycles. The number of aromatic nitrogens is 2. The Hall–Kier alpha value is -3.42. The maximum atomic E-state index is 12.9. The van der Waals surface area contributed by atoms with Crippen LogP contribution in [0.2, 0.25) is 0 Å². The van der Waals surface area contributed by atoms with Crippen molar-refractivity contribution in [3.05, 3.63) is 64.1 Å². The Balaban J connectivity index is 1.46. The van der Waals surface area contributed by atoms with E-state index in [1.54, 1.807) is 35.8 Å². The summed E-state index contributed by atoms with van der Waals surface area (Å²) < 4.78 is 12.1. The van der Waals surface area contributed by atoms with E-state index >= 15 is 0 Å². The van der Waals surface area contributed by atoms with E-state index in [4.69, 9.17) is 9.15 Å². The number of nitrogens with one attached hydrogen (secondary N) is 1. The van der Waals surface area contributed by atoms with Crippen LogP contribution in [0, 0.1) is 0 Å². The van der Waals surface area contributed by atoms with Gasteiger partial charge in [-0.3, -0.25) is 14.2 Å². The van der Waals surface area contributed by atoms with Crippen LogP contribution in [0.25, 0.3) is 10.9 Å². The molecule has 1 amide bonds. The number of benzene rings is 1. The second kappa shape index (κ2) is 9.16. The summed E-state index contributed by atoms with van der Waals surface area (Å²) in [7, 11) is 0. The molecule has 3 aromatic rings. The van der Waals surface area contributed by atoms with Crippen molar-refractivity contribution < 1.29 is 18.7 Å². The van der Waals surface area contributed by atoms with Crippen LogP contribution in [0.3, 0.4) is 0 Å². The third kappa shape index (κ3) is 4.68. The SMILES string of the molecule is C[C@H](NC(=O)COC(=O)c1ccc2c(=O)n3c(nc2c1)CCCCCC3)c1ccco1. The fourth-order valence-corrected chi connectivity index (χ4v) is 3.83. The Morgan fingerprint density at radius 2 is 2.06 bits per heavy atom. The third-order valence-electron chi connectivity index (χ3n) is 5.48. The lowest BCUT2D eigenvalue weighted by atomic mass is 10.1. The Kier molecular flexibility index (Phi) is 6.16. The van der Waals surface area contributed by atoms with Gasteiger partial charge in [0, 0.05) is 13.0 Å². The van der Waals surface area contributed by atoms with Crippen LogP contribution < -0.4 is 10.9 Å². The Morgan fingerprint density at radius 1 is 1.23 bits per heavy atom. The minimum absolute atomic E-state index is 0.0758.